The van der Waals surface area contributed by atoms with Crippen LogP contribution >= 0.6 is 0 Å². The molecule has 7 atom stereocenters. The minimum Gasteiger partial charge on any atom is -0.504 e. The van der Waals surface area contributed by atoms with Gasteiger partial charge in [0.2, 0.25) is 0 Å². The van der Waals surface area contributed by atoms with Crippen LogP contribution in [0, 0.1) is 22.7 Å². The van der Waals surface area contributed by atoms with Crippen LogP contribution in [0.5, 0.6) is 11.5 Å². The molecule has 2 aliphatic heterocycles. The average molecular weight is 468 g/mol. The summed E-state index contributed by atoms with van der Waals surface area (Å²) in [5, 5.41) is 23.2. The SMILES string of the molecule is CO[C@]12CC[C@]3(CC1C(C)(O)C(C)(C)C)[C@H]1Cc4ccc(O)c5c4[C@@]3(CCN1CC1CC1)C2O5. The van der Waals surface area contributed by atoms with E-state index < -0.39 is 11.2 Å². The number of phenols is 1. The molecular formula is C29H41NO4. The van der Waals surface area contributed by atoms with Crippen molar-refractivity contribution in [1.82, 2.24) is 4.90 Å². The highest BCUT2D eigenvalue weighted by Crippen LogP contribution is 2.78. The standard InChI is InChI=1S/C29H41NO4/c1-25(2,3)26(4,32)20-15-27-10-11-29(20,33-5)24-28(27)12-13-30(16-17-6-7-17)21(27)14-18-8-9-19(31)23(34-24)22(18)28/h8-9,17,20-21,24,31-32H,6-7,10-16H2,1-5H3/t20?,21-,24?,26?,27+,28+,29-/m1/s1. The van der Waals surface area contributed by atoms with E-state index in [1.165, 1.54) is 30.5 Å². The maximum Gasteiger partial charge on any atom is 0.165 e. The lowest BCUT2D eigenvalue weighted by atomic mass is 9.33. The Hall–Kier alpha value is -1.30. The van der Waals surface area contributed by atoms with Crippen LogP contribution in [0.1, 0.15) is 77.3 Å². The highest BCUT2D eigenvalue weighted by atomic mass is 16.6. The Morgan fingerprint density at radius 2 is 1.91 bits per heavy atom. The van der Waals surface area contributed by atoms with E-state index in [1.807, 2.05) is 20.1 Å². The van der Waals surface area contributed by atoms with Crippen LogP contribution in [0.2, 0.25) is 0 Å². The van der Waals surface area contributed by atoms with Crippen LogP contribution in [0.3, 0.4) is 0 Å². The van der Waals surface area contributed by atoms with Crippen molar-refractivity contribution in [3.63, 3.8) is 0 Å². The molecule has 4 saturated carbocycles. The number of hydrogen-bond donors (Lipinski definition) is 2. The van der Waals surface area contributed by atoms with Crippen LogP contribution in [-0.2, 0) is 16.6 Å². The number of piperidine rings is 1. The van der Waals surface area contributed by atoms with E-state index in [9.17, 15) is 10.2 Å². The summed E-state index contributed by atoms with van der Waals surface area (Å²) in [4.78, 5) is 2.82. The maximum atomic E-state index is 12.2. The molecule has 2 heterocycles. The third kappa shape index (κ3) is 2.25. The van der Waals surface area contributed by atoms with Crippen molar-refractivity contribution in [2.75, 3.05) is 20.2 Å². The van der Waals surface area contributed by atoms with Crippen LogP contribution in [0.15, 0.2) is 12.1 Å². The molecule has 2 N–H and O–H groups in total. The van der Waals surface area contributed by atoms with Gasteiger partial charge in [0.15, 0.2) is 11.5 Å². The molecule has 34 heavy (non-hydrogen) atoms. The fourth-order valence-corrected chi connectivity index (χ4v) is 9.58. The molecule has 5 aliphatic carbocycles. The molecule has 2 spiro atoms. The molecule has 1 aromatic rings. The van der Waals surface area contributed by atoms with Crippen molar-refractivity contribution in [1.29, 1.82) is 0 Å². The number of nitrogens with zero attached hydrogens (tertiary/aromatic N) is 1. The van der Waals surface area contributed by atoms with Gasteiger partial charge in [-0.2, -0.15) is 0 Å². The number of aromatic hydroxyl groups is 1. The second-order valence-electron chi connectivity index (χ2n) is 13.8. The predicted molar refractivity (Wildman–Crippen MR) is 130 cm³/mol. The first-order chi connectivity index (χ1) is 16.0. The summed E-state index contributed by atoms with van der Waals surface area (Å²) in [5.41, 5.74) is 0.783. The monoisotopic (exact) mass is 467 g/mol. The number of methoxy groups -OCH3 is 1. The van der Waals surface area contributed by atoms with Gasteiger partial charge in [-0.3, -0.25) is 4.90 Å². The van der Waals surface area contributed by atoms with Crippen molar-refractivity contribution in [2.45, 2.75) is 101 Å². The lowest BCUT2D eigenvalue weighted by Crippen LogP contribution is -2.83. The highest BCUT2D eigenvalue weighted by molar-refractivity contribution is 5.63. The van der Waals surface area contributed by atoms with Crippen molar-refractivity contribution < 1.29 is 19.7 Å². The number of rotatable bonds is 4. The molecule has 5 heteroatoms. The molecule has 186 valence electrons. The predicted octanol–water partition coefficient (Wildman–Crippen LogP) is 4.41. The van der Waals surface area contributed by atoms with Gasteiger partial charge in [0.1, 0.15) is 11.7 Å². The Morgan fingerprint density at radius 1 is 1.15 bits per heavy atom. The highest BCUT2D eigenvalue weighted by Gasteiger charge is 2.82. The third-order valence-electron chi connectivity index (χ3n) is 11.9. The summed E-state index contributed by atoms with van der Waals surface area (Å²) >= 11 is 0. The lowest BCUT2D eigenvalue weighted by Gasteiger charge is -2.75. The lowest BCUT2D eigenvalue weighted by molar-refractivity contribution is -0.312. The number of benzene rings is 1. The van der Waals surface area contributed by atoms with Gasteiger partial charge in [0.25, 0.3) is 0 Å². The van der Waals surface area contributed by atoms with Crippen molar-refractivity contribution in [2.24, 2.45) is 22.7 Å². The molecule has 8 rings (SSSR count). The van der Waals surface area contributed by atoms with Gasteiger partial charge in [-0.1, -0.05) is 26.8 Å². The Labute approximate surface area is 203 Å². The maximum absolute atomic E-state index is 12.2. The molecular weight excluding hydrogens is 426 g/mol. The number of phenolic OH excluding ortho intramolecular Hbond substituents is 1. The number of hydrogen-bond acceptors (Lipinski definition) is 5. The van der Waals surface area contributed by atoms with Crippen LogP contribution < -0.4 is 4.74 Å². The van der Waals surface area contributed by atoms with Crippen molar-refractivity contribution in [3.05, 3.63) is 23.3 Å². The van der Waals surface area contributed by atoms with E-state index in [-0.39, 0.29) is 34.0 Å². The number of aliphatic hydroxyl groups is 1. The van der Waals surface area contributed by atoms with E-state index in [4.69, 9.17) is 9.47 Å². The molecule has 7 aliphatic rings. The zero-order valence-electron chi connectivity index (χ0n) is 21.5. The summed E-state index contributed by atoms with van der Waals surface area (Å²) < 4.78 is 13.5. The van der Waals surface area contributed by atoms with E-state index in [0.717, 1.165) is 44.6 Å². The first-order valence-corrected chi connectivity index (χ1v) is 13.6. The molecule has 3 unspecified atom stereocenters. The summed E-state index contributed by atoms with van der Waals surface area (Å²) in [6.07, 6.45) is 7.64. The van der Waals surface area contributed by atoms with Crippen molar-refractivity contribution >= 4 is 0 Å². The van der Waals surface area contributed by atoms with Gasteiger partial charge in [-0.15, -0.1) is 0 Å². The van der Waals surface area contributed by atoms with Gasteiger partial charge < -0.3 is 19.7 Å². The summed E-state index contributed by atoms with van der Waals surface area (Å²) in [5.74, 6) is 1.80. The molecule has 5 nitrogen and oxygen atoms in total. The molecule has 4 bridgehead atoms. The molecule has 0 amide bonds. The topological polar surface area (TPSA) is 62.2 Å². The zero-order chi connectivity index (χ0) is 23.9. The van der Waals surface area contributed by atoms with Crippen LogP contribution in [0.25, 0.3) is 0 Å². The van der Waals surface area contributed by atoms with Gasteiger partial charge >= 0.3 is 0 Å². The molecule has 0 radical (unpaired) electrons. The molecule has 1 saturated heterocycles. The number of ether oxygens (including phenoxy) is 2. The molecule has 0 aromatic heterocycles. The first-order valence-electron chi connectivity index (χ1n) is 13.6. The fraction of sp³-hybridized carbons (Fsp3) is 0.793. The smallest absolute Gasteiger partial charge is 0.165 e. The Balaban J connectivity index is 1.47. The average Bonchev–Trinajstić information content (AvgIpc) is 3.53. The summed E-state index contributed by atoms with van der Waals surface area (Å²) in [7, 11) is 1.83. The van der Waals surface area contributed by atoms with E-state index in [1.54, 1.807) is 0 Å². The van der Waals surface area contributed by atoms with E-state index in [0.29, 0.717) is 11.8 Å². The van der Waals surface area contributed by atoms with E-state index in [2.05, 4.69) is 31.7 Å². The molecule has 1 aromatic carbocycles. The Morgan fingerprint density at radius 3 is 2.59 bits per heavy atom. The van der Waals surface area contributed by atoms with Gasteiger partial charge in [-0.05, 0) is 81.4 Å². The van der Waals surface area contributed by atoms with Gasteiger partial charge in [-0.25, -0.2) is 0 Å². The third-order valence-corrected chi connectivity index (χ3v) is 11.9. The second kappa shape index (κ2) is 6.33. The zero-order valence-corrected chi connectivity index (χ0v) is 21.5. The van der Waals surface area contributed by atoms with Gasteiger partial charge in [0.05, 0.1) is 5.60 Å². The quantitative estimate of drug-likeness (QED) is 0.687. The molecule has 5 fully saturated rings. The fourth-order valence-electron chi connectivity index (χ4n) is 9.58. The number of likely N-dealkylation sites (tertiary alicyclic amines) is 1. The first kappa shape index (κ1) is 21.9. The van der Waals surface area contributed by atoms with Crippen LogP contribution in [0.4, 0.5) is 0 Å². The Kier molecular flexibility index (Phi) is 4.08. The second-order valence-corrected chi connectivity index (χ2v) is 13.8. The summed E-state index contributed by atoms with van der Waals surface area (Å²) in [6.45, 7) is 10.8. The normalized spacial score (nSPS) is 43.9. The number of fused-ring (bicyclic) bond motifs is 2. The van der Waals surface area contributed by atoms with Gasteiger partial charge in [0, 0.05) is 42.0 Å². The van der Waals surface area contributed by atoms with Crippen molar-refractivity contribution in [3.8, 4) is 11.5 Å². The summed E-state index contributed by atoms with van der Waals surface area (Å²) in [6, 6.07) is 4.46. The minimum absolute atomic E-state index is 0.0294. The Bertz CT molecular complexity index is 1060. The minimum atomic E-state index is -0.909. The van der Waals surface area contributed by atoms with E-state index >= 15 is 0 Å². The largest absolute Gasteiger partial charge is 0.504 e. The van der Waals surface area contributed by atoms with Crippen LogP contribution in [-0.4, -0.2) is 58.7 Å².